The number of hydrogen-bond donors (Lipinski definition) is 0. The molecule has 0 rings (SSSR count). The second-order valence-electron chi connectivity index (χ2n) is 8.65. The first kappa shape index (κ1) is 28.4. The second kappa shape index (κ2) is 21.5. The highest BCUT2D eigenvalue weighted by molar-refractivity contribution is 4.49. The molecular formula is C23H50ClNO. The molecule has 0 aliphatic rings. The molecule has 0 fully saturated rings. The molecule has 0 aliphatic heterocycles. The molecule has 0 aromatic heterocycles. The van der Waals surface area contributed by atoms with Gasteiger partial charge in [0.25, 0.3) is 0 Å². The van der Waals surface area contributed by atoms with Crippen molar-refractivity contribution in [1.29, 1.82) is 0 Å². The Morgan fingerprint density at radius 3 is 1.35 bits per heavy atom. The topological polar surface area (TPSA) is 9.23 Å². The van der Waals surface area contributed by atoms with E-state index in [9.17, 15) is 0 Å². The highest BCUT2D eigenvalue weighted by atomic mass is 35.5. The van der Waals surface area contributed by atoms with E-state index in [1.54, 1.807) is 0 Å². The molecule has 0 aliphatic carbocycles. The molecule has 0 N–H and O–H groups in total. The van der Waals surface area contributed by atoms with Crippen molar-refractivity contribution < 1.29 is 21.6 Å². The van der Waals surface area contributed by atoms with Crippen LogP contribution >= 0.6 is 0 Å². The molecule has 0 spiro atoms. The van der Waals surface area contributed by atoms with E-state index in [1.807, 2.05) is 0 Å². The largest absolute Gasteiger partial charge is 1.00 e. The third-order valence-corrected chi connectivity index (χ3v) is 5.20. The third-order valence-electron chi connectivity index (χ3n) is 5.20. The SMILES string of the molecule is CCCCCCCCCCCCCCCCOC[N+](C)(C)CCCC.[Cl-]. The number of rotatable bonds is 20. The van der Waals surface area contributed by atoms with Crippen LogP contribution in [0, 0.1) is 0 Å². The quantitative estimate of drug-likeness (QED) is 0.170. The van der Waals surface area contributed by atoms with Crippen LogP contribution in [-0.4, -0.2) is 38.5 Å². The van der Waals surface area contributed by atoms with Crippen molar-refractivity contribution in [1.82, 2.24) is 0 Å². The monoisotopic (exact) mass is 391 g/mol. The van der Waals surface area contributed by atoms with Gasteiger partial charge in [-0.15, -0.1) is 0 Å². The van der Waals surface area contributed by atoms with Crippen LogP contribution in [0.2, 0.25) is 0 Å². The average Bonchev–Trinajstić information content (AvgIpc) is 2.59. The lowest BCUT2D eigenvalue weighted by atomic mass is 10.0. The summed E-state index contributed by atoms with van der Waals surface area (Å²) in [7, 11) is 4.56. The third kappa shape index (κ3) is 22.3. The first-order chi connectivity index (χ1) is 12.1. The van der Waals surface area contributed by atoms with Crippen LogP contribution in [0.15, 0.2) is 0 Å². The van der Waals surface area contributed by atoms with Gasteiger partial charge in [-0.25, -0.2) is 0 Å². The summed E-state index contributed by atoms with van der Waals surface area (Å²) in [6.45, 7) is 7.61. The van der Waals surface area contributed by atoms with Crippen LogP contribution in [0.1, 0.15) is 117 Å². The number of unbranched alkanes of at least 4 members (excludes halogenated alkanes) is 14. The zero-order chi connectivity index (χ0) is 18.6. The lowest BCUT2D eigenvalue weighted by Crippen LogP contribution is -3.00. The molecule has 160 valence electrons. The Hall–Kier alpha value is 0.210. The van der Waals surface area contributed by atoms with E-state index in [4.69, 9.17) is 4.74 Å². The number of hydrogen-bond acceptors (Lipinski definition) is 1. The fourth-order valence-corrected chi connectivity index (χ4v) is 3.36. The van der Waals surface area contributed by atoms with E-state index in [0.29, 0.717) is 0 Å². The van der Waals surface area contributed by atoms with Crippen LogP contribution in [0.5, 0.6) is 0 Å². The maximum Gasteiger partial charge on any atom is 0.182 e. The van der Waals surface area contributed by atoms with Crippen LogP contribution in [0.25, 0.3) is 0 Å². The smallest absolute Gasteiger partial charge is 0.182 e. The van der Waals surface area contributed by atoms with E-state index in [-0.39, 0.29) is 12.4 Å². The number of halogens is 1. The van der Waals surface area contributed by atoms with E-state index >= 15 is 0 Å². The Morgan fingerprint density at radius 2 is 0.923 bits per heavy atom. The molecule has 0 amide bonds. The number of quaternary nitrogens is 1. The summed E-state index contributed by atoms with van der Waals surface area (Å²) in [4.78, 5) is 0. The van der Waals surface area contributed by atoms with Crippen molar-refractivity contribution in [3.8, 4) is 0 Å². The Labute approximate surface area is 172 Å². The lowest BCUT2D eigenvalue weighted by Gasteiger charge is -2.29. The maximum atomic E-state index is 5.87. The van der Waals surface area contributed by atoms with Crippen LogP contribution in [-0.2, 0) is 4.74 Å². The Bertz CT molecular complexity index is 259. The molecule has 0 saturated heterocycles. The summed E-state index contributed by atoms with van der Waals surface area (Å²) in [6.07, 6.45) is 22.5. The van der Waals surface area contributed by atoms with Crippen LogP contribution in [0.4, 0.5) is 0 Å². The minimum atomic E-state index is 0. The summed E-state index contributed by atoms with van der Waals surface area (Å²) >= 11 is 0. The van der Waals surface area contributed by atoms with Gasteiger partial charge in [0.2, 0.25) is 0 Å². The van der Waals surface area contributed by atoms with E-state index in [2.05, 4.69) is 27.9 Å². The van der Waals surface area contributed by atoms with Gasteiger partial charge in [0.05, 0.1) is 27.2 Å². The van der Waals surface area contributed by atoms with Crippen molar-refractivity contribution in [3.63, 3.8) is 0 Å². The molecule has 2 nitrogen and oxygen atoms in total. The second-order valence-corrected chi connectivity index (χ2v) is 8.65. The van der Waals surface area contributed by atoms with Gasteiger partial charge in [-0.2, -0.15) is 0 Å². The average molecular weight is 392 g/mol. The zero-order valence-corrected chi connectivity index (χ0v) is 19.4. The van der Waals surface area contributed by atoms with E-state index in [0.717, 1.165) is 17.8 Å². The molecule has 0 bridgehead atoms. The lowest BCUT2D eigenvalue weighted by molar-refractivity contribution is -0.909. The Balaban J connectivity index is 0. The predicted molar refractivity (Wildman–Crippen MR) is 113 cm³/mol. The molecule has 0 unspecified atom stereocenters. The van der Waals surface area contributed by atoms with Crippen LogP contribution in [0.3, 0.4) is 0 Å². The minimum absolute atomic E-state index is 0. The van der Waals surface area contributed by atoms with Gasteiger partial charge in [0, 0.05) is 0 Å². The number of ether oxygens (including phenoxy) is 1. The summed E-state index contributed by atoms with van der Waals surface area (Å²) in [5.74, 6) is 0. The summed E-state index contributed by atoms with van der Waals surface area (Å²) in [5.41, 5.74) is 0. The van der Waals surface area contributed by atoms with Gasteiger partial charge >= 0.3 is 0 Å². The number of nitrogens with zero attached hydrogens (tertiary/aromatic N) is 1. The molecule has 26 heavy (non-hydrogen) atoms. The molecular weight excluding hydrogens is 342 g/mol. The van der Waals surface area contributed by atoms with Crippen molar-refractivity contribution in [3.05, 3.63) is 0 Å². The van der Waals surface area contributed by atoms with E-state index in [1.165, 1.54) is 109 Å². The summed E-state index contributed by atoms with van der Waals surface area (Å²) in [5, 5.41) is 0. The highest BCUT2D eigenvalue weighted by Gasteiger charge is 2.13. The first-order valence-corrected chi connectivity index (χ1v) is 11.5. The molecule has 0 atom stereocenters. The molecule has 3 heteroatoms. The Kier molecular flexibility index (Phi) is 23.5. The molecule has 0 heterocycles. The van der Waals surface area contributed by atoms with Gasteiger partial charge in [0.1, 0.15) is 0 Å². The fourth-order valence-electron chi connectivity index (χ4n) is 3.36. The summed E-state index contributed by atoms with van der Waals surface area (Å²) < 4.78 is 6.88. The highest BCUT2D eigenvalue weighted by Crippen LogP contribution is 2.13. The predicted octanol–water partition coefficient (Wildman–Crippen LogP) is 4.32. The van der Waals surface area contributed by atoms with Gasteiger partial charge in [-0.1, -0.05) is 104 Å². The van der Waals surface area contributed by atoms with Crippen molar-refractivity contribution in [2.75, 3.05) is 34.0 Å². The molecule has 0 aromatic carbocycles. The van der Waals surface area contributed by atoms with Crippen LogP contribution < -0.4 is 12.4 Å². The minimum Gasteiger partial charge on any atom is -1.00 e. The molecule has 0 aromatic rings. The first-order valence-electron chi connectivity index (χ1n) is 11.5. The molecule has 0 saturated carbocycles. The van der Waals surface area contributed by atoms with Gasteiger partial charge in [0.15, 0.2) is 6.73 Å². The van der Waals surface area contributed by atoms with Crippen molar-refractivity contribution in [2.45, 2.75) is 117 Å². The van der Waals surface area contributed by atoms with Crippen molar-refractivity contribution >= 4 is 0 Å². The zero-order valence-electron chi connectivity index (χ0n) is 18.7. The van der Waals surface area contributed by atoms with Gasteiger partial charge < -0.3 is 21.6 Å². The maximum absolute atomic E-state index is 5.87. The Morgan fingerprint density at radius 1 is 0.538 bits per heavy atom. The standard InChI is InChI=1S/C23H50NO.ClH/c1-5-7-9-10-11-12-13-14-15-16-17-18-19-20-22-25-23-24(3,4)21-8-6-2;/h5-23H2,1-4H3;1H/q+1;/p-1. The fraction of sp³-hybridized carbons (Fsp3) is 1.00. The summed E-state index contributed by atoms with van der Waals surface area (Å²) in [6, 6.07) is 0. The van der Waals surface area contributed by atoms with Gasteiger partial charge in [-0.3, -0.25) is 0 Å². The van der Waals surface area contributed by atoms with Crippen molar-refractivity contribution in [2.24, 2.45) is 0 Å². The normalized spacial score (nSPS) is 11.5. The molecule has 0 radical (unpaired) electrons. The van der Waals surface area contributed by atoms with Gasteiger partial charge in [-0.05, 0) is 12.8 Å². The van der Waals surface area contributed by atoms with E-state index < -0.39 is 0 Å².